The van der Waals surface area contributed by atoms with E-state index in [1.54, 1.807) is 11.8 Å². The molecule has 0 saturated carbocycles. The molecule has 1 unspecified atom stereocenters. The second-order valence-electron chi connectivity index (χ2n) is 3.12. The van der Waals surface area contributed by atoms with E-state index < -0.39 is 0 Å². The highest BCUT2D eigenvalue weighted by atomic mass is 16.2. The maximum Gasteiger partial charge on any atom is 0.324 e. The van der Waals surface area contributed by atoms with Gasteiger partial charge >= 0.3 is 6.03 Å². The van der Waals surface area contributed by atoms with Gasteiger partial charge in [0.05, 0.1) is 0 Å². The monoisotopic (exact) mass is 185 g/mol. The Morgan fingerprint density at radius 2 is 2.23 bits per heavy atom. The summed E-state index contributed by atoms with van der Waals surface area (Å²) in [5.74, 6) is -0.200. The average molecular weight is 185 g/mol. The van der Waals surface area contributed by atoms with Gasteiger partial charge in [-0.3, -0.25) is 10.1 Å². The first-order valence-electron chi connectivity index (χ1n) is 4.43. The second kappa shape index (κ2) is 4.23. The fourth-order valence-corrected chi connectivity index (χ4v) is 1.32. The van der Waals surface area contributed by atoms with Gasteiger partial charge in [0.25, 0.3) is 5.91 Å². The van der Waals surface area contributed by atoms with Crippen molar-refractivity contribution in [3.05, 3.63) is 0 Å². The van der Waals surface area contributed by atoms with Gasteiger partial charge in [0.1, 0.15) is 6.04 Å². The molecule has 2 N–H and O–H groups in total. The molecule has 13 heavy (non-hydrogen) atoms. The molecule has 5 heteroatoms. The van der Waals surface area contributed by atoms with Crippen molar-refractivity contribution in [2.24, 2.45) is 0 Å². The van der Waals surface area contributed by atoms with E-state index in [9.17, 15) is 9.59 Å². The molecule has 1 saturated heterocycles. The van der Waals surface area contributed by atoms with Gasteiger partial charge in [-0.25, -0.2) is 4.79 Å². The third-order valence-corrected chi connectivity index (χ3v) is 2.16. The van der Waals surface area contributed by atoms with Crippen LogP contribution in [0.25, 0.3) is 0 Å². The Morgan fingerprint density at radius 1 is 1.54 bits per heavy atom. The van der Waals surface area contributed by atoms with Crippen molar-refractivity contribution in [1.29, 1.82) is 0 Å². The van der Waals surface area contributed by atoms with Crippen LogP contribution in [0.1, 0.15) is 13.3 Å². The van der Waals surface area contributed by atoms with Crippen LogP contribution in [0.2, 0.25) is 0 Å². The summed E-state index contributed by atoms with van der Waals surface area (Å²) in [6.45, 7) is 3.21. The highest BCUT2D eigenvalue weighted by Crippen LogP contribution is 2.07. The molecule has 1 rings (SSSR count). The molecule has 0 aliphatic carbocycles. The number of rotatable bonds is 4. The van der Waals surface area contributed by atoms with Crippen molar-refractivity contribution in [2.45, 2.75) is 19.4 Å². The molecule has 0 bridgehead atoms. The zero-order chi connectivity index (χ0) is 9.84. The Bertz CT molecular complexity index is 217. The Balaban J connectivity index is 2.40. The summed E-state index contributed by atoms with van der Waals surface area (Å²) in [5, 5.41) is 5.26. The number of nitrogens with one attached hydrogen (secondary N) is 2. The molecule has 1 atom stereocenters. The summed E-state index contributed by atoms with van der Waals surface area (Å²) in [5.41, 5.74) is 0. The summed E-state index contributed by atoms with van der Waals surface area (Å²) < 4.78 is 0. The zero-order valence-electron chi connectivity index (χ0n) is 7.96. The molecule has 0 aromatic rings. The van der Waals surface area contributed by atoms with Gasteiger partial charge in [-0.2, -0.15) is 0 Å². The summed E-state index contributed by atoms with van der Waals surface area (Å²) in [6, 6.07) is -0.585. The van der Waals surface area contributed by atoms with Crippen LogP contribution >= 0.6 is 0 Å². The number of carbonyl (C=O) groups is 2. The van der Waals surface area contributed by atoms with Crippen molar-refractivity contribution in [1.82, 2.24) is 15.5 Å². The molecule has 5 nitrogen and oxygen atoms in total. The Morgan fingerprint density at radius 3 is 2.69 bits per heavy atom. The predicted molar refractivity (Wildman–Crippen MR) is 48.3 cm³/mol. The lowest BCUT2D eigenvalue weighted by atomic mass is 10.3. The first kappa shape index (κ1) is 9.98. The standard InChI is InChI=1S/C8H15N3O2/c1-6-7(12)10-8(13)11(6)5-3-4-9-2/h6,9H,3-5H2,1-2H3,(H,10,12,13). The van der Waals surface area contributed by atoms with Gasteiger partial charge in [-0.15, -0.1) is 0 Å². The van der Waals surface area contributed by atoms with Crippen LogP contribution in [0, 0.1) is 0 Å². The number of nitrogens with zero attached hydrogens (tertiary/aromatic N) is 1. The van der Waals surface area contributed by atoms with Crippen LogP contribution < -0.4 is 10.6 Å². The van der Waals surface area contributed by atoms with E-state index in [1.807, 2.05) is 7.05 Å². The van der Waals surface area contributed by atoms with Crippen LogP contribution in [0.15, 0.2) is 0 Å². The van der Waals surface area contributed by atoms with Gasteiger partial charge in [0, 0.05) is 6.54 Å². The smallest absolute Gasteiger partial charge is 0.320 e. The van der Waals surface area contributed by atoms with Crippen molar-refractivity contribution in [2.75, 3.05) is 20.1 Å². The highest BCUT2D eigenvalue weighted by molar-refractivity contribution is 6.03. The number of amides is 3. The van der Waals surface area contributed by atoms with Crippen LogP contribution in [0.5, 0.6) is 0 Å². The number of hydrogen-bond acceptors (Lipinski definition) is 3. The Labute approximate surface area is 77.5 Å². The third kappa shape index (κ3) is 2.18. The minimum Gasteiger partial charge on any atom is -0.320 e. The fraction of sp³-hybridized carbons (Fsp3) is 0.750. The van der Waals surface area contributed by atoms with Gasteiger partial charge in [0.15, 0.2) is 0 Å². The van der Waals surface area contributed by atoms with Gasteiger partial charge < -0.3 is 10.2 Å². The lowest BCUT2D eigenvalue weighted by Crippen LogP contribution is -2.34. The zero-order valence-corrected chi connectivity index (χ0v) is 7.96. The van der Waals surface area contributed by atoms with E-state index in [1.165, 1.54) is 0 Å². The number of carbonyl (C=O) groups excluding carboxylic acids is 2. The molecule has 0 spiro atoms. The molecule has 1 fully saturated rings. The normalized spacial score (nSPS) is 22.3. The molecule has 1 heterocycles. The molecular formula is C8H15N3O2. The summed E-state index contributed by atoms with van der Waals surface area (Å²) in [7, 11) is 1.86. The Hall–Kier alpha value is -1.10. The summed E-state index contributed by atoms with van der Waals surface area (Å²) >= 11 is 0. The summed E-state index contributed by atoms with van der Waals surface area (Å²) in [6.07, 6.45) is 0.863. The molecule has 74 valence electrons. The number of imide groups is 1. The number of hydrogen-bond donors (Lipinski definition) is 2. The molecule has 0 aromatic carbocycles. The van der Waals surface area contributed by atoms with Crippen molar-refractivity contribution in [3.8, 4) is 0 Å². The number of urea groups is 1. The predicted octanol–water partition coefficient (Wildman–Crippen LogP) is -0.464. The SMILES string of the molecule is CNCCCN1C(=O)NC(=O)C1C. The summed E-state index contributed by atoms with van der Waals surface area (Å²) in [4.78, 5) is 23.8. The van der Waals surface area contributed by atoms with E-state index in [0.29, 0.717) is 6.54 Å². The van der Waals surface area contributed by atoms with E-state index in [2.05, 4.69) is 10.6 Å². The average Bonchev–Trinajstić information content (AvgIpc) is 2.32. The maximum atomic E-state index is 11.2. The van der Waals surface area contributed by atoms with Crippen LogP contribution in [-0.4, -0.2) is 43.0 Å². The minimum absolute atomic E-state index is 0.200. The molecule has 1 aliphatic rings. The van der Waals surface area contributed by atoms with Crippen LogP contribution in [0.3, 0.4) is 0 Å². The fourth-order valence-electron chi connectivity index (χ4n) is 1.32. The maximum absolute atomic E-state index is 11.2. The second-order valence-corrected chi connectivity index (χ2v) is 3.12. The van der Waals surface area contributed by atoms with E-state index >= 15 is 0 Å². The lowest BCUT2D eigenvalue weighted by Gasteiger charge is -2.17. The molecule has 1 aliphatic heterocycles. The van der Waals surface area contributed by atoms with Crippen molar-refractivity contribution in [3.63, 3.8) is 0 Å². The first-order valence-corrected chi connectivity index (χ1v) is 4.43. The van der Waals surface area contributed by atoms with E-state index in [0.717, 1.165) is 13.0 Å². The largest absolute Gasteiger partial charge is 0.324 e. The first-order chi connectivity index (χ1) is 6.16. The lowest BCUT2D eigenvalue weighted by molar-refractivity contribution is -0.121. The molecule has 0 radical (unpaired) electrons. The van der Waals surface area contributed by atoms with Gasteiger partial charge in [0.2, 0.25) is 0 Å². The molecular weight excluding hydrogens is 170 g/mol. The topological polar surface area (TPSA) is 61.4 Å². The van der Waals surface area contributed by atoms with Crippen LogP contribution in [-0.2, 0) is 4.79 Å². The van der Waals surface area contributed by atoms with Crippen molar-refractivity contribution < 1.29 is 9.59 Å². The van der Waals surface area contributed by atoms with E-state index in [-0.39, 0.29) is 18.0 Å². The van der Waals surface area contributed by atoms with Crippen molar-refractivity contribution >= 4 is 11.9 Å². The van der Waals surface area contributed by atoms with E-state index in [4.69, 9.17) is 0 Å². The Kier molecular flexibility index (Phi) is 3.25. The molecule has 3 amide bonds. The quantitative estimate of drug-likeness (QED) is 0.460. The third-order valence-electron chi connectivity index (χ3n) is 2.16. The van der Waals surface area contributed by atoms with Gasteiger partial charge in [-0.05, 0) is 26.9 Å². The molecule has 0 aromatic heterocycles. The minimum atomic E-state index is -0.315. The van der Waals surface area contributed by atoms with Crippen LogP contribution in [0.4, 0.5) is 4.79 Å². The van der Waals surface area contributed by atoms with Gasteiger partial charge in [-0.1, -0.05) is 0 Å². The highest BCUT2D eigenvalue weighted by Gasteiger charge is 2.33.